The van der Waals surface area contributed by atoms with Crippen molar-refractivity contribution in [1.29, 1.82) is 0 Å². The van der Waals surface area contributed by atoms with Gasteiger partial charge in [0.1, 0.15) is 11.5 Å². The van der Waals surface area contributed by atoms with Crippen molar-refractivity contribution in [2.24, 2.45) is 0 Å². The molecule has 0 spiro atoms. The second kappa shape index (κ2) is 21.6. The molecule has 0 unspecified atom stereocenters. The summed E-state index contributed by atoms with van der Waals surface area (Å²) in [5, 5.41) is 16.2. The van der Waals surface area contributed by atoms with Crippen LogP contribution in [-0.2, 0) is 26.2 Å². The van der Waals surface area contributed by atoms with Crippen molar-refractivity contribution in [2.45, 2.75) is 52.9 Å². The van der Waals surface area contributed by atoms with E-state index in [-0.39, 0.29) is 32.0 Å². The van der Waals surface area contributed by atoms with Gasteiger partial charge in [0.25, 0.3) is 0 Å². The van der Waals surface area contributed by atoms with Gasteiger partial charge >= 0.3 is 26.2 Å². The van der Waals surface area contributed by atoms with Crippen LogP contribution in [0.4, 0.5) is 5.69 Å². The van der Waals surface area contributed by atoms with Crippen LogP contribution in [0.1, 0.15) is 73.8 Å². The Balaban J connectivity index is 0.000000402. The fourth-order valence-corrected chi connectivity index (χ4v) is 5.68. The smallest absolute Gasteiger partial charge is 0.684 e. The molecule has 0 bridgehead atoms. The number of para-hydroxylation sites is 2. The van der Waals surface area contributed by atoms with Gasteiger partial charge in [-0.25, -0.2) is 0 Å². The summed E-state index contributed by atoms with van der Waals surface area (Å²) in [6.07, 6.45) is 0.813. The summed E-state index contributed by atoms with van der Waals surface area (Å²) in [6, 6.07) is 48.3. The summed E-state index contributed by atoms with van der Waals surface area (Å²) in [4.78, 5) is 0. The molecular formula is C48H52NO2Zr. The second-order valence-corrected chi connectivity index (χ2v) is 13.2. The number of aromatic hydroxyl groups is 1. The van der Waals surface area contributed by atoms with Crippen molar-refractivity contribution in [1.82, 2.24) is 0 Å². The molecule has 1 N–H and O–H groups in total. The largest absolute Gasteiger partial charge is 3.00 e. The molecule has 6 aromatic carbocycles. The third kappa shape index (κ3) is 12.5. The first-order chi connectivity index (χ1) is 24.7. The van der Waals surface area contributed by atoms with Gasteiger partial charge in [-0.05, 0) is 42.9 Å². The maximum Gasteiger partial charge on any atom is 3.00 e. The van der Waals surface area contributed by atoms with E-state index in [0.717, 1.165) is 56.8 Å². The Morgan fingerprint density at radius 2 is 1.10 bits per heavy atom. The SMILES string of the molecule is Cc1ccc(OCCC[N-]c2c(C(C)C)cccc2C(C)C)c(-c2cccc(-c3ccccc3)c2O)c1.[CH2-]c1ccccc1.[CH2-]c1ccccc1.[Zr+3]. The Kier molecular flexibility index (Phi) is 17.4. The molecule has 0 atom stereocenters. The molecule has 4 heteroatoms. The molecule has 6 rings (SSSR count). The molecule has 0 aliphatic carbocycles. The quantitative estimate of drug-likeness (QED) is 0.111. The van der Waals surface area contributed by atoms with Crippen LogP contribution in [0.3, 0.4) is 0 Å². The second-order valence-electron chi connectivity index (χ2n) is 13.2. The van der Waals surface area contributed by atoms with Crippen molar-refractivity contribution in [3.05, 3.63) is 193 Å². The third-order valence-corrected chi connectivity index (χ3v) is 8.40. The van der Waals surface area contributed by atoms with E-state index in [1.807, 2.05) is 115 Å². The van der Waals surface area contributed by atoms with Crippen molar-refractivity contribution in [3.63, 3.8) is 0 Å². The Bertz CT molecular complexity index is 1840. The van der Waals surface area contributed by atoms with Gasteiger partial charge in [-0.1, -0.05) is 129 Å². The molecule has 265 valence electrons. The minimum Gasteiger partial charge on any atom is -0.684 e. The van der Waals surface area contributed by atoms with Gasteiger partial charge in [0.2, 0.25) is 0 Å². The zero-order chi connectivity index (χ0) is 36.6. The molecule has 0 aliphatic rings. The van der Waals surface area contributed by atoms with Crippen molar-refractivity contribution in [3.8, 4) is 33.8 Å². The summed E-state index contributed by atoms with van der Waals surface area (Å²) >= 11 is 0. The molecule has 0 aliphatic heterocycles. The Morgan fingerprint density at radius 3 is 1.60 bits per heavy atom. The minimum absolute atomic E-state index is 0. The van der Waals surface area contributed by atoms with Gasteiger partial charge in [0.15, 0.2) is 0 Å². The first-order valence-corrected chi connectivity index (χ1v) is 17.8. The number of benzene rings is 6. The first-order valence-electron chi connectivity index (χ1n) is 17.8. The predicted octanol–water partition coefficient (Wildman–Crippen LogP) is 13.5. The zero-order valence-electron chi connectivity index (χ0n) is 31.3. The minimum atomic E-state index is 0. The van der Waals surface area contributed by atoms with Gasteiger partial charge < -0.3 is 15.2 Å². The molecule has 0 heterocycles. The number of hydrogen-bond acceptors (Lipinski definition) is 2. The standard InChI is InChI=1S/C34H38NO2.2C7H7.Zr/c1-23(2)27-14-9-15-28(24(3)4)33(27)35-20-11-21-37-32-19-18-25(5)22-31(32)30-17-10-16-29(34(30)36)26-12-7-6-8-13-26;2*1-7-5-3-2-4-6-7;/h6-10,12-19,22-24,36H,11,20-21H2,1-5H3;2*2-6H,1H2;/q3*-1;+3. The van der Waals surface area contributed by atoms with Gasteiger partial charge in [-0.3, -0.25) is 0 Å². The number of ether oxygens (including phenoxy) is 1. The Morgan fingerprint density at radius 1 is 0.596 bits per heavy atom. The normalized spacial score (nSPS) is 10.3. The van der Waals surface area contributed by atoms with E-state index in [1.54, 1.807) is 0 Å². The van der Waals surface area contributed by atoms with E-state index >= 15 is 0 Å². The fourth-order valence-electron chi connectivity index (χ4n) is 5.68. The Labute approximate surface area is 332 Å². The molecule has 6 aromatic rings. The van der Waals surface area contributed by atoms with Crippen LogP contribution in [0.25, 0.3) is 27.6 Å². The molecule has 0 fully saturated rings. The van der Waals surface area contributed by atoms with Crippen LogP contribution in [0, 0.1) is 20.8 Å². The number of phenols is 1. The number of hydrogen-bond donors (Lipinski definition) is 1. The van der Waals surface area contributed by atoms with Crippen LogP contribution in [0.15, 0.2) is 146 Å². The van der Waals surface area contributed by atoms with E-state index in [9.17, 15) is 5.11 Å². The third-order valence-electron chi connectivity index (χ3n) is 8.40. The van der Waals surface area contributed by atoms with Gasteiger partial charge in [-0.2, -0.15) is 49.2 Å². The zero-order valence-corrected chi connectivity index (χ0v) is 33.8. The van der Waals surface area contributed by atoms with Crippen LogP contribution in [-0.4, -0.2) is 18.3 Å². The van der Waals surface area contributed by atoms with E-state index in [0.29, 0.717) is 25.0 Å². The van der Waals surface area contributed by atoms with Crippen LogP contribution in [0.5, 0.6) is 11.5 Å². The summed E-state index contributed by atoms with van der Waals surface area (Å²) in [5.74, 6) is 1.91. The van der Waals surface area contributed by atoms with Gasteiger partial charge in [0, 0.05) is 16.7 Å². The van der Waals surface area contributed by atoms with E-state index in [4.69, 9.17) is 10.1 Å². The number of phenolic OH excluding ortho intramolecular Hbond substituents is 1. The molecule has 0 saturated heterocycles. The number of aryl methyl sites for hydroxylation is 1. The molecule has 52 heavy (non-hydrogen) atoms. The topological polar surface area (TPSA) is 43.6 Å². The summed E-state index contributed by atoms with van der Waals surface area (Å²) in [5.41, 5.74) is 10.5. The van der Waals surface area contributed by atoms with Crippen molar-refractivity contribution < 1.29 is 36.0 Å². The predicted molar refractivity (Wildman–Crippen MR) is 218 cm³/mol. The monoisotopic (exact) mass is 764 g/mol. The van der Waals surface area contributed by atoms with Crippen molar-refractivity contribution in [2.75, 3.05) is 13.2 Å². The molecule has 0 aromatic heterocycles. The van der Waals surface area contributed by atoms with E-state index in [2.05, 4.69) is 78.8 Å². The Hall–Kier alpha value is -4.66. The van der Waals surface area contributed by atoms with Crippen LogP contribution >= 0.6 is 0 Å². The van der Waals surface area contributed by atoms with E-state index < -0.39 is 0 Å². The van der Waals surface area contributed by atoms with Gasteiger partial charge in [0.05, 0.1) is 6.61 Å². The van der Waals surface area contributed by atoms with Crippen LogP contribution < -0.4 is 4.74 Å². The van der Waals surface area contributed by atoms with Crippen LogP contribution in [0.2, 0.25) is 0 Å². The molecular weight excluding hydrogens is 714 g/mol. The summed E-state index contributed by atoms with van der Waals surface area (Å²) < 4.78 is 6.27. The average Bonchev–Trinajstić information content (AvgIpc) is 3.13. The van der Waals surface area contributed by atoms with Crippen molar-refractivity contribution >= 4 is 5.69 Å². The fraction of sp³-hybridized carbons (Fsp3) is 0.208. The van der Waals surface area contributed by atoms with E-state index in [1.165, 1.54) is 11.1 Å². The molecule has 3 nitrogen and oxygen atoms in total. The summed E-state index contributed by atoms with van der Waals surface area (Å²) in [6.45, 7) is 19.7. The summed E-state index contributed by atoms with van der Waals surface area (Å²) in [7, 11) is 0. The van der Waals surface area contributed by atoms with Gasteiger partial charge in [-0.15, -0.1) is 36.5 Å². The number of nitrogens with zero attached hydrogens (tertiary/aromatic N) is 1. The maximum absolute atomic E-state index is 11.2. The molecule has 0 amide bonds. The number of rotatable bonds is 10. The maximum atomic E-state index is 11.2. The molecule has 1 radical (unpaired) electrons. The average molecular weight is 766 g/mol. The molecule has 0 saturated carbocycles. The first kappa shape index (κ1) is 41.8.